The summed E-state index contributed by atoms with van der Waals surface area (Å²) in [7, 11) is 1.58. The topological polar surface area (TPSA) is 35.0 Å². The SMILES string of the molecule is CC.CCc1cnc(OC)cn1. The van der Waals surface area contributed by atoms with E-state index in [9.17, 15) is 0 Å². The first-order valence-corrected chi connectivity index (χ1v) is 4.21. The summed E-state index contributed by atoms with van der Waals surface area (Å²) in [5, 5.41) is 0. The molecule has 12 heavy (non-hydrogen) atoms. The maximum absolute atomic E-state index is 4.84. The van der Waals surface area contributed by atoms with E-state index in [0.717, 1.165) is 12.1 Å². The van der Waals surface area contributed by atoms with E-state index in [1.165, 1.54) is 0 Å². The Morgan fingerprint density at radius 3 is 2.25 bits per heavy atom. The Morgan fingerprint density at radius 1 is 1.25 bits per heavy atom. The van der Waals surface area contributed by atoms with E-state index in [1.54, 1.807) is 19.5 Å². The fourth-order valence-electron chi connectivity index (χ4n) is 0.631. The van der Waals surface area contributed by atoms with Crippen molar-refractivity contribution in [1.29, 1.82) is 0 Å². The number of methoxy groups -OCH3 is 1. The van der Waals surface area contributed by atoms with Gasteiger partial charge in [-0.05, 0) is 6.42 Å². The first-order valence-electron chi connectivity index (χ1n) is 4.21. The summed E-state index contributed by atoms with van der Waals surface area (Å²) in [6, 6.07) is 0. The van der Waals surface area contributed by atoms with E-state index in [2.05, 4.69) is 9.97 Å². The maximum atomic E-state index is 4.84. The molecule has 0 amide bonds. The van der Waals surface area contributed by atoms with Crippen molar-refractivity contribution in [2.24, 2.45) is 0 Å². The predicted molar refractivity (Wildman–Crippen MR) is 49.3 cm³/mol. The molecule has 3 heteroatoms. The third-order valence-corrected chi connectivity index (χ3v) is 1.25. The Hall–Kier alpha value is -1.12. The van der Waals surface area contributed by atoms with Crippen LogP contribution in [-0.4, -0.2) is 17.1 Å². The number of aromatic nitrogens is 2. The van der Waals surface area contributed by atoms with Crippen molar-refractivity contribution in [1.82, 2.24) is 9.97 Å². The minimum absolute atomic E-state index is 0.567. The van der Waals surface area contributed by atoms with Crippen LogP contribution >= 0.6 is 0 Å². The molecule has 68 valence electrons. The van der Waals surface area contributed by atoms with Crippen LogP contribution in [0.3, 0.4) is 0 Å². The van der Waals surface area contributed by atoms with Crippen LogP contribution in [0.5, 0.6) is 5.88 Å². The lowest BCUT2D eigenvalue weighted by atomic mass is 10.4. The quantitative estimate of drug-likeness (QED) is 0.678. The Morgan fingerprint density at radius 2 is 1.92 bits per heavy atom. The highest BCUT2D eigenvalue weighted by Crippen LogP contribution is 2.01. The van der Waals surface area contributed by atoms with Crippen LogP contribution in [0.25, 0.3) is 0 Å². The number of hydrogen-bond acceptors (Lipinski definition) is 3. The summed E-state index contributed by atoms with van der Waals surface area (Å²) in [5.74, 6) is 0.567. The molecular formula is C9H16N2O. The zero-order chi connectivity index (χ0) is 9.40. The molecule has 0 fully saturated rings. The minimum Gasteiger partial charge on any atom is -0.480 e. The van der Waals surface area contributed by atoms with Gasteiger partial charge in [0.2, 0.25) is 5.88 Å². The van der Waals surface area contributed by atoms with Gasteiger partial charge in [-0.15, -0.1) is 0 Å². The van der Waals surface area contributed by atoms with Crippen molar-refractivity contribution >= 4 is 0 Å². The van der Waals surface area contributed by atoms with Gasteiger partial charge in [0.15, 0.2) is 0 Å². The fourth-order valence-corrected chi connectivity index (χ4v) is 0.631. The summed E-state index contributed by atoms with van der Waals surface area (Å²) in [6.07, 6.45) is 4.26. The van der Waals surface area contributed by atoms with Gasteiger partial charge < -0.3 is 4.74 Å². The van der Waals surface area contributed by atoms with Crippen LogP contribution in [0.15, 0.2) is 12.4 Å². The third kappa shape index (κ3) is 3.32. The molecule has 0 radical (unpaired) electrons. The molecular weight excluding hydrogens is 152 g/mol. The molecule has 1 aromatic rings. The van der Waals surface area contributed by atoms with Crippen molar-refractivity contribution in [3.63, 3.8) is 0 Å². The molecule has 0 aliphatic rings. The molecule has 1 rings (SSSR count). The van der Waals surface area contributed by atoms with Gasteiger partial charge in [-0.1, -0.05) is 20.8 Å². The maximum Gasteiger partial charge on any atom is 0.231 e. The minimum atomic E-state index is 0.567. The number of rotatable bonds is 2. The van der Waals surface area contributed by atoms with E-state index in [4.69, 9.17) is 4.74 Å². The molecule has 0 atom stereocenters. The van der Waals surface area contributed by atoms with Crippen LogP contribution in [0, 0.1) is 0 Å². The van der Waals surface area contributed by atoms with Gasteiger partial charge in [-0.3, -0.25) is 4.98 Å². The highest BCUT2D eigenvalue weighted by atomic mass is 16.5. The molecule has 0 saturated heterocycles. The molecule has 0 bridgehead atoms. The van der Waals surface area contributed by atoms with Crippen LogP contribution < -0.4 is 4.74 Å². The van der Waals surface area contributed by atoms with Crippen LogP contribution in [0.2, 0.25) is 0 Å². The highest BCUT2D eigenvalue weighted by molar-refractivity contribution is 5.06. The molecule has 0 spiro atoms. The smallest absolute Gasteiger partial charge is 0.231 e. The first kappa shape index (κ1) is 10.9. The largest absolute Gasteiger partial charge is 0.480 e. The van der Waals surface area contributed by atoms with Gasteiger partial charge in [0.05, 0.1) is 25.2 Å². The normalized spacial score (nSPS) is 8.33. The van der Waals surface area contributed by atoms with Gasteiger partial charge in [0, 0.05) is 0 Å². The average Bonchev–Trinajstić information content (AvgIpc) is 2.21. The second-order valence-corrected chi connectivity index (χ2v) is 1.90. The van der Waals surface area contributed by atoms with Gasteiger partial charge in [-0.2, -0.15) is 0 Å². The van der Waals surface area contributed by atoms with E-state index in [-0.39, 0.29) is 0 Å². The summed E-state index contributed by atoms with van der Waals surface area (Å²) < 4.78 is 4.84. The zero-order valence-corrected chi connectivity index (χ0v) is 8.16. The second-order valence-electron chi connectivity index (χ2n) is 1.90. The lowest BCUT2D eigenvalue weighted by Gasteiger charge is -1.97. The summed E-state index contributed by atoms with van der Waals surface area (Å²) in [6.45, 7) is 6.04. The van der Waals surface area contributed by atoms with Crippen molar-refractivity contribution in [3.05, 3.63) is 18.1 Å². The number of hydrogen-bond donors (Lipinski definition) is 0. The zero-order valence-electron chi connectivity index (χ0n) is 8.16. The van der Waals surface area contributed by atoms with E-state index in [0.29, 0.717) is 5.88 Å². The molecule has 0 aliphatic heterocycles. The standard InChI is InChI=1S/C7H10N2O.C2H6/c1-3-6-4-9-7(10-2)5-8-6;1-2/h4-5H,3H2,1-2H3;1-2H3. The van der Waals surface area contributed by atoms with Gasteiger partial charge >= 0.3 is 0 Å². The van der Waals surface area contributed by atoms with Gasteiger partial charge in [0.1, 0.15) is 0 Å². The molecule has 1 aromatic heterocycles. The molecule has 3 nitrogen and oxygen atoms in total. The Bertz CT molecular complexity index is 173. The van der Waals surface area contributed by atoms with Gasteiger partial charge in [-0.25, -0.2) is 4.98 Å². The van der Waals surface area contributed by atoms with Gasteiger partial charge in [0.25, 0.3) is 0 Å². The summed E-state index contributed by atoms with van der Waals surface area (Å²) in [5.41, 5.74) is 0.987. The molecule has 0 N–H and O–H groups in total. The molecule has 0 aromatic carbocycles. The van der Waals surface area contributed by atoms with E-state index in [1.807, 2.05) is 20.8 Å². The molecule has 0 unspecified atom stereocenters. The lowest BCUT2D eigenvalue weighted by molar-refractivity contribution is 0.395. The Balaban J connectivity index is 0.000000561. The van der Waals surface area contributed by atoms with Crippen molar-refractivity contribution in [2.75, 3.05) is 7.11 Å². The molecule has 0 saturated carbocycles. The van der Waals surface area contributed by atoms with Crippen molar-refractivity contribution < 1.29 is 4.74 Å². The Labute approximate surface area is 73.8 Å². The van der Waals surface area contributed by atoms with E-state index < -0.39 is 0 Å². The molecule has 1 heterocycles. The van der Waals surface area contributed by atoms with Crippen molar-refractivity contribution in [3.8, 4) is 5.88 Å². The number of aryl methyl sites for hydroxylation is 1. The third-order valence-electron chi connectivity index (χ3n) is 1.25. The van der Waals surface area contributed by atoms with Crippen LogP contribution in [0.4, 0.5) is 0 Å². The van der Waals surface area contributed by atoms with Crippen LogP contribution in [0.1, 0.15) is 26.5 Å². The lowest BCUT2D eigenvalue weighted by Crippen LogP contribution is -1.91. The van der Waals surface area contributed by atoms with Crippen molar-refractivity contribution in [2.45, 2.75) is 27.2 Å². The monoisotopic (exact) mass is 168 g/mol. The molecule has 0 aliphatic carbocycles. The summed E-state index contributed by atoms with van der Waals surface area (Å²) >= 11 is 0. The highest BCUT2D eigenvalue weighted by Gasteiger charge is 1.92. The average molecular weight is 168 g/mol. The number of nitrogens with zero attached hydrogens (tertiary/aromatic N) is 2. The van der Waals surface area contributed by atoms with E-state index >= 15 is 0 Å². The Kier molecular flexibility index (Phi) is 5.97. The number of ether oxygens (including phenoxy) is 1. The van der Waals surface area contributed by atoms with Crippen LogP contribution in [-0.2, 0) is 6.42 Å². The second kappa shape index (κ2) is 6.58. The first-order chi connectivity index (χ1) is 5.86. The summed E-state index contributed by atoms with van der Waals surface area (Å²) in [4.78, 5) is 8.06. The predicted octanol–water partition coefficient (Wildman–Crippen LogP) is 2.07. The fraction of sp³-hybridized carbons (Fsp3) is 0.556.